The van der Waals surface area contributed by atoms with Gasteiger partial charge in [0.05, 0.1) is 15.7 Å². The van der Waals surface area contributed by atoms with Crippen LogP contribution in [0.15, 0.2) is 35.5 Å². The molecular formula is C12H14ClN3OS. The molecular weight excluding hydrogens is 270 g/mol. The fourth-order valence-corrected chi connectivity index (χ4v) is 2.96. The lowest BCUT2D eigenvalue weighted by atomic mass is 10.3. The summed E-state index contributed by atoms with van der Waals surface area (Å²) < 4.78 is 14.1. The molecule has 0 bridgehead atoms. The second-order valence-corrected chi connectivity index (χ2v) is 5.88. The second-order valence-electron chi connectivity index (χ2n) is 3.90. The summed E-state index contributed by atoms with van der Waals surface area (Å²) in [5.74, 6) is 1.42. The molecule has 1 aromatic carbocycles. The molecule has 0 radical (unpaired) electrons. The van der Waals surface area contributed by atoms with E-state index in [-0.39, 0.29) is 0 Å². The number of hydrogen-bond acceptors (Lipinski definition) is 3. The number of benzene rings is 1. The fourth-order valence-electron chi connectivity index (χ4n) is 1.66. The van der Waals surface area contributed by atoms with Crippen LogP contribution in [-0.4, -0.2) is 19.5 Å². The molecule has 4 nitrogen and oxygen atoms in total. The summed E-state index contributed by atoms with van der Waals surface area (Å²) in [7, 11) is -1.13. The largest absolute Gasteiger partial charge is 0.398 e. The quantitative estimate of drug-likeness (QED) is 0.876. The van der Waals surface area contributed by atoms with Crippen molar-refractivity contribution in [3.63, 3.8) is 0 Å². The molecule has 2 aromatic rings. The lowest BCUT2D eigenvalue weighted by molar-refractivity contribution is 0.670. The number of anilines is 1. The van der Waals surface area contributed by atoms with Crippen molar-refractivity contribution in [2.45, 2.75) is 18.4 Å². The summed E-state index contributed by atoms with van der Waals surface area (Å²) in [5, 5.41) is 0.554. The van der Waals surface area contributed by atoms with E-state index in [4.69, 9.17) is 17.3 Å². The molecule has 1 aromatic heterocycles. The molecule has 2 rings (SSSR count). The normalized spacial score (nSPS) is 12.6. The first kappa shape index (κ1) is 13.1. The zero-order chi connectivity index (χ0) is 13.1. The minimum atomic E-state index is -1.13. The van der Waals surface area contributed by atoms with Gasteiger partial charge in [0, 0.05) is 35.4 Å². The van der Waals surface area contributed by atoms with Crippen molar-refractivity contribution in [1.82, 2.24) is 9.55 Å². The van der Waals surface area contributed by atoms with Gasteiger partial charge in [-0.1, -0.05) is 11.6 Å². The maximum Gasteiger partial charge on any atom is 0.105 e. The first-order valence-corrected chi connectivity index (χ1v) is 7.19. The Morgan fingerprint density at radius 2 is 2.28 bits per heavy atom. The number of nitrogens with zero attached hydrogens (tertiary/aromatic N) is 2. The summed E-state index contributed by atoms with van der Waals surface area (Å²) in [5.41, 5.74) is 6.28. The molecule has 6 heteroatoms. The van der Waals surface area contributed by atoms with E-state index in [2.05, 4.69) is 4.98 Å². The van der Waals surface area contributed by atoms with Crippen molar-refractivity contribution < 1.29 is 4.21 Å². The zero-order valence-electron chi connectivity index (χ0n) is 9.97. The molecule has 0 aliphatic rings. The number of rotatable bonds is 4. The van der Waals surface area contributed by atoms with Crippen LogP contribution in [0, 0.1) is 6.92 Å². The lowest BCUT2D eigenvalue weighted by Crippen LogP contribution is -2.09. The minimum Gasteiger partial charge on any atom is -0.398 e. The van der Waals surface area contributed by atoms with E-state index in [9.17, 15) is 4.21 Å². The molecule has 1 heterocycles. The summed E-state index contributed by atoms with van der Waals surface area (Å²) in [6.07, 6.45) is 3.60. The number of nitrogens with two attached hydrogens (primary N) is 1. The van der Waals surface area contributed by atoms with Crippen molar-refractivity contribution in [1.29, 1.82) is 0 Å². The number of nitrogen functional groups attached to an aromatic ring is 1. The molecule has 1 unspecified atom stereocenters. The van der Waals surface area contributed by atoms with Gasteiger partial charge in [-0.25, -0.2) is 4.98 Å². The summed E-state index contributed by atoms with van der Waals surface area (Å²) in [4.78, 5) is 4.75. The van der Waals surface area contributed by atoms with Gasteiger partial charge in [-0.2, -0.15) is 0 Å². The Morgan fingerprint density at radius 3 is 2.89 bits per heavy atom. The number of imidazole rings is 1. The molecule has 0 aliphatic carbocycles. The second kappa shape index (κ2) is 5.54. The molecule has 18 heavy (non-hydrogen) atoms. The van der Waals surface area contributed by atoms with Crippen LogP contribution in [0.4, 0.5) is 5.69 Å². The molecule has 96 valence electrons. The van der Waals surface area contributed by atoms with Crippen molar-refractivity contribution >= 4 is 28.1 Å². The predicted octanol–water partition coefficient (Wildman–Crippen LogP) is 2.23. The van der Waals surface area contributed by atoms with Crippen molar-refractivity contribution in [3.8, 4) is 0 Å². The highest BCUT2D eigenvalue weighted by atomic mass is 35.5. The Balaban J connectivity index is 2.06. The molecule has 2 N–H and O–H groups in total. The van der Waals surface area contributed by atoms with Gasteiger partial charge in [-0.05, 0) is 25.1 Å². The molecule has 0 spiro atoms. The van der Waals surface area contributed by atoms with Gasteiger partial charge in [-0.15, -0.1) is 0 Å². The third kappa shape index (κ3) is 2.91. The maximum absolute atomic E-state index is 12.1. The first-order chi connectivity index (χ1) is 8.58. The number of hydrogen-bond donors (Lipinski definition) is 1. The first-order valence-electron chi connectivity index (χ1n) is 5.49. The van der Waals surface area contributed by atoms with Gasteiger partial charge >= 0.3 is 0 Å². The van der Waals surface area contributed by atoms with E-state index >= 15 is 0 Å². The third-order valence-electron chi connectivity index (χ3n) is 2.66. The summed E-state index contributed by atoms with van der Waals surface area (Å²) in [6, 6.07) is 5.04. The Hall–Kier alpha value is -1.33. The molecule has 0 aliphatic heterocycles. The van der Waals surface area contributed by atoms with Gasteiger partial charge in [0.1, 0.15) is 5.82 Å². The van der Waals surface area contributed by atoms with E-state index < -0.39 is 10.8 Å². The van der Waals surface area contributed by atoms with Crippen LogP contribution in [0.5, 0.6) is 0 Å². The lowest BCUT2D eigenvalue weighted by Gasteiger charge is -2.07. The average Bonchev–Trinajstić information content (AvgIpc) is 2.72. The van der Waals surface area contributed by atoms with Crippen molar-refractivity contribution in [2.24, 2.45) is 0 Å². The number of aromatic nitrogens is 2. The number of halogens is 1. The molecule has 1 atom stereocenters. The van der Waals surface area contributed by atoms with Gasteiger partial charge < -0.3 is 10.3 Å². The van der Waals surface area contributed by atoms with E-state index in [1.165, 1.54) is 0 Å². The van der Waals surface area contributed by atoms with Crippen molar-refractivity contribution in [2.75, 3.05) is 11.5 Å². The molecule has 0 amide bonds. The molecule has 0 fully saturated rings. The highest BCUT2D eigenvalue weighted by Crippen LogP contribution is 2.21. The molecule has 0 saturated heterocycles. The van der Waals surface area contributed by atoms with Gasteiger partial charge in [-0.3, -0.25) is 4.21 Å². The summed E-state index contributed by atoms with van der Waals surface area (Å²) in [6.45, 7) is 2.57. The van der Waals surface area contributed by atoms with Crippen LogP contribution in [0.2, 0.25) is 5.02 Å². The Morgan fingerprint density at radius 1 is 1.50 bits per heavy atom. The SMILES string of the molecule is Cc1nccn1CCS(=O)c1ccc(Cl)cc1N. The average molecular weight is 284 g/mol. The van der Waals surface area contributed by atoms with E-state index in [1.807, 2.05) is 17.7 Å². The van der Waals surface area contributed by atoms with Crippen LogP contribution < -0.4 is 5.73 Å². The standard InChI is InChI=1S/C12H14ClN3OS/c1-9-15-4-5-16(9)6-7-18(17)12-3-2-10(13)8-11(12)14/h2-5,8H,6-7,14H2,1H3. The summed E-state index contributed by atoms with van der Waals surface area (Å²) >= 11 is 5.81. The highest BCUT2D eigenvalue weighted by molar-refractivity contribution is 7.85. The van der Waals surface area contributed by atoms with Crippen LogP contribution in [-0.2, 0) is 17.3 Å². The zero-order valence-corrected chi connectivity index (χ0v) is 11.5. The highest BCUT2D eigenvalue weighted by Gasteiger charge is 2.09. The minimum absolute atomic E-state index is 0.475. The van der Waals surface area contributed by atoms with Gasteiger partial charge in [0.25, 0.3) is 0 Å². The maximum atomic E-state index is 12.1. The monoisotopic (exact) mass is 283 g/mol. The predicted molar refractivity (Wildman–Crippen MR) is 74.1 cm³/mol. The fraction of sp³-hybridized carbons (Fsp3) is 0.250. The Labute approximate surface area is 113 Å². The van der Waals surface area contributed by atoms with Crippen LogP contribution in [0.1, 0.15) is 5.82 Å². The van der Waals surface area contributed by atoms with Gasteiger partial charge in [0.2, 0.25) is 0 Å². The van der Waals surface area contributed by atoms with Crippen molar-refractivity contribution in [3.05, 3.63) is 41.4 Å². The Kier molecular flexibility index (Phi) is 4.04. The van der Waals surface area contributed by atoms with Crippen LogP contribution >= 0.6 is 11.6 Å². The van der Waals surface area contributed by atoms with Crippen LogP contribution in [0.25, 0.3) is 0 Å². The Bertz CT molecular complexity index is 582. The topological polar surface area (TPSA) is 60.9 Å². The van der Waals surface area contributed by atoms with Crippen LogP contribution in [0.3, 0.4) is 0 Å². The smallest absolute Gasteiger partial charge is 0.105 e. The van der Waals surface area contributed by atoms with Gasteiger partial charge in [0.15, 0.2) is 0 Å². The van der Waals surface area contributed by atoms with E-state index in [1.54, 1.807) is 24.4 Å². The number of aryl methyl sites for hydroxylation is 2. The van der Waals surface area contributed by atoms with E-state index in [0.717, 1.165) is 5.82 Å². The van der Waals surface area contributed by atoms with E-state index in [0.29, 0.717) is 27.9 Å². The molecule has 0 saturated carbocycles. The third-order valence-corrected chi connectivity index (χ3v) is 4.31.